The number of ether oxygens (including phenoxy) is 1. The van der Waals surface area contributed by atoms with Gasteiger partial charge in [-0.25, -0.2) is 8.78 Å². The molecule has 0 aliphatic heterocycles. The maximum absolute atomic E-state index is 13.4. The van der Waals surface area contributed by atoms with E-state index in [0.29, 0.717) is 0 Å². The number of rotatable bonds is 6. The summed E-state index contributed by atoms with van der Waals surface area (Å²) in [6.07, 6.45) is -8.52. The standard InChI is InChI=1S/C11H17F5O/c1-4-8(12)6-9(13)10(5-2)17-7(3)11(14,15)16/h7-8H,4-6H2,1-3H3/b10-9-/t7-,8?/m1/s1. The predicted octanol–water partition coefficient (Wildman–Crippen LogP) is 4.68. The van der Waals surface area contributed by atoms with Gasteiger partial charge < -0.3 is 4.74 Å². The van der Waals surface area contributed by atoms with Crippen molar-refractivity contribution in [3.63, 3.8) is 0 Å². The van der Waals surface area contributed by atoms with Crippen molar-refractivity contribution in [3.8, 4) is 0 Å². The summed E-state index contributed by atoms with van der Waals surface area (Å²) in [7, 11) is 0. The quantitative estimate of drug-likeness (QED) is 0.497. The zero-order chi connectivity index (χ0) is 13.6. The molecule has 102 valence electrons. The summed E-state index contributed by atoms with van der Waals surface area (Å²) in [5.74, 6) is -1.37. The van der Waals surface area contributed by atoms with E-state index in [1.54, 1.807) is 0 Å². The Balaban J connectivity index is 4.65. The highest BCUT2D eigenvalue weighted by Gasteiger charge is 2.38. The van der Waals surface area contributed by atoms with Crippen molar-refractivity contribution in [1.29, 1.82) is 0 Å². The fraction of sp³-hybridized carbons (Fsp3) is 0.818. The molecule has 0 aromatic heterocycles. The molecular weight excluding hydrogens is 243 g/mol. The van der Waals surface area contributed by atoms with E-state index in [9.17, 15) is 22.0 Å². The lowest BCUT2D eigenvalue weighted by Gasteiger charge is -2.20. The van der Waals surface area contributed by atoms with Crippen molar-refractivity contribution in [2.24, 2.45) is 0 Å². The minimum Gasteiger partial charge on any atom is -0.483 e. The number of alkyl halides is 4. The SMILES string of the molecule is CC/C(O[C@H](C)C(F)(F)F)=C(/F)CC(F)CC. The van der Waals surface area contributed by atoms with E-state index < -0.39 is 36.5 Å². The van der Waals surface area contributed by atoms with Crippen LogP contribution in [0.1, 0.15) is 40.0 Å². The largest absolute Gasteiger partial charge is 0.483 e. The van der Waals surface area contributed by atoms with Gasteiger partial charge in [0.15, 0.2) is 6.10 Å². The zero-order valence-corrected chi connectivity index (χ0v) is 10.1. The molecule has 0 saturated heterocycles. The smallest absolute Gasteiger partial charge is 0.425 e. The fourth-order valence-corrected chi connectivity index (χ4v) is 1.07. The average molecular weight is 260 g/mol. The lowest BCUT2D eigenvalue weighted by molar-refractivity contribution is -0.204. The molecule has 0 bridgehead atoms. The van der Waals surface area contributed by atoms with E-state index in [1.165, 1.54) is 13.8 Å². The minimum atomic E-state index is -4.55. The Kier molecular flexibility index (Phi) is 6.49. The average Bonchev–Trinajstić information content (AvgIpc) is 2.23. The van der Waals surface area contributed by atoms with Gasteiger partial charge in [-0.05, 0) is 13.3 Å². The van der Waals surface area contributed by atoms with Gasteiger partial charge in [0.05, 0.1) is 0 Å². The van der Waals surface area contributed by atoms with Gasteiger partial charge in [-0.15, -0.1) is 0 Å². The molecule has 6 heteroatoms. The fourth-order valence-electron chi connectivity index (χ4n) is 1.07. The van der Waals surface area contributed by atoms with E-state index in [2.05, 4.69) is 4.74 Å². The molecule has 0 rings (SSSR count). The van der Waals surface area contributed by atoms with Crippen molar-refractivity contribution in [3.05, 3.63) is 11.6 Å². The summed E-state index contributed by atoms with van der Waals surface area (Å²) in [6.45, 7) is 3.77. The van der Waals surface area contributed by atoms with E-state index in [4.69, 9.17) is 0 Å². The van der Waals surface area contributed by atoms with Gasteiger partial charge >= 0.3 is 6.18 Å². The van der Waals surface area contributed by atoms with Gasteiger partial charge in [0.25, 0.3) is 0 Å². The van der Waals surface area contributed by atoms with Crippen molar-refractivity contribution < 1.29 is 26.7 Å². The molecule has 0 saturated carbocycles. The van der Waals surface area contributed by atoms with Crippen LogP contribution in [-0.4, -0.2) is 18.5 Å². The maximum Gasteiger partial charge on any atom is 0.425 e. The molecule has 0 aliphatic carbocycles. The third-order valence-corrected chi connectivity index (χ3v) is 2.25. The van der Waals surface area contributed by atoms with E-state index in [0.717, 1.165) is 6.92 Å². The van der Waals surface area contributed by atoms with Crippen molar-refractivity contribution in [2.45, 2.75) is 58.5 Å². The second kappa shape index (κ2) is 6.81. The summed E-state index contributed by atoms with van der Waals surface area (Å²) < 4.78 is 67.4. The summed E-state index contributed by atoms with van der Waals surface area (Å²) in [4.78, 5) is 0. The highest BCUT2D eigenvalue weighted by molar-refractivity contribution is 5.02. The molecule has 0 heterocycles. The third-order valence-electron chi connectivity index (χ3n) is 2.25. The Labute approximate surface area is 97.6 Å². The van der Waals surface area contributed by atoms with Crippen LogP contribution in [0.4, 0.5) is 22.0 Å². The molecule has 17 heavy (non-hydrogen) atoms. The van der Waals surface area contributed by atoms with Crippen LogP contribution in [0.3, 0.4) is 0 Å². The predicted molar refractivity (Wildman–Crippen MR) is 54.8 cm³/mol. The van der Waals surface area contributed by atoms with Gasteiger partial charge in [0, 0.05) is 12.8 Å². The second-order valence-corrected chi connectivity index (χ2v) is 3.69. The molecule has 1 unspecified atom stereocenters. The first-order chi connectivity index (χ1) is 7.72. The van der Waals surface area contributed by atoms with Crippen LogP contribution in [-0.2, 0) is 4.74 Å². The molecule has 0 N–H and O–H groups in total. The number of allylic oxidation sites excluding steroid dienone is 2. The zero-order valence-electron chi connectivity index (χ0n) is 10.1. The Hall–Kier alpha value is -0.810. The van der Waals surface area contributed by atoms with Crippen LogP contribution in [0.2, 0.25) is 0 Å². The Morgan fingerprint density at radius 3 is 2.12 bits per heavy atom. The Bertz CT molecular complexity index is 259. The summed E-state index contributed by atoms with van der Waals surface area (Å²) in [5, 5.41) is 0. The van der Waals surface area contributed by atoms with E-state index in [-0.39, 0.29) is 12.8 Å². The molecule has 0 aromatic carbocycles. The van der Waals surface area contributed by atoms with E-state index >= 15 is 0 Å². The Morgan fingerprint density at radius 1 is 1.24 bits per heavy atom. The number of hydrogen-bond acceptors (Lipinski definition) is 1. The lowest BCUT2D eigenvalue weighted by Crippen LogP contribution is -2.28. The van der Waals surface area contributed by atoms with Crippen LogP contribution in [0.15, 0.2) is 11.6 Å². The molecule has 1 nitrogen and oxygen atoms in total. The van der Waals surface area contributed by atoms with Crippen molar-refractivity contribution >= 4 is 0 Å². The van der Waals surface area contributed by atoms with Gasteiger partial charge in [-0.3, -0.25) is 0 Å². The van der Waals surface area contributed by atoms with Crippen molar-refractivity contribution in [2.75, 3.05) is 0 Å². The molecule has 2 atom stereocenters. The van der Waals surface area contributed by atoms with E-state index in [1.807, 2.05) is 0 Å². The maximum atomic E-state index is 13.4. The van der Waals surface area contributed by atoms with Crippen LogP contribution >= 0.6 is 0 Å². The normalized spacial score (nSPS) is 17.4. The monoisotopic (exact) mass is 260 g/mol. The first-order valence-electron chi connectivity index (χ1n) is 5.47. The summed E-state index contributed by atoms with van der Waals surface area (Å²) >= 11 is 0. The minimum absolute atomic E-state index is 0.0390. The molecule has 0 amide bonds. The first kappa shape index (κ1) is 16.2. The molecule has 0 aromatic rings. The number of hydrogen-bond donors (Lipinski definition) is 0. The van der Waals surface area contributed by atoms with Crippen LogP contribution in [0, 0.1) is 0 Å². The second-order valence-electron chi connectivity index (χ2n) is 3.69. The first-order valence-corrected chi connectivity index (χ1v) is 5.47. The van der Waals surface area contributed by atoms with Crippen LogP contribution < -0.4 is 0 Å². The van der Waals surface area contributed by atoms with Crippen LogP contribution in [0.25, 0.3) is 0 Å². The topological polar surface area (TPSA) is 9.23 Å². The summed E-state index contributed by atoms with van der Waals surface area (Å²) in [6, 6.07) is 0. The third kappa shape index (κ3) is 5.89. The Morgan fingerprint density at radius 2 is 1.76 bits per heavy atom. The molecule has 0 spiro atoms. The number of halogens is 5. The van der Waals surface area contributed by atoms with Gasteiger partial charge in [0.2, 0.25) is 0 Å². The van der Waals surface area contributed by atoms with Crippen molar-refractivity contribution in [1.82, 2.24) is 0 Å². The lowest BCUT2D eigenvalue weighted by atomic mass is 10.2. The highest BCUT2D eigenvalue weighted by Crippen LogP contribution is 2.28. The van der Waals surface area contributed by atoms with Crippen LogP contribution in [0.5, 0.6) is 0 Å². The highest BCUT2D eigenvalue weighted by atomic mass is 19.4. The van der Waals surface area contributed by atoms with Gasteiger partial charge in [-0.2, -0.15) is 13.2 Å². The molecule has 0 aliphatic rings. The molecular formula is C11H17F5O. The summed E-state index contributed by atoms with van der Waals surface area (Å²) in [5.41, 5.74) is 0. The van der Waals surface area contributed by atoms with Gasteiger partial charge in [0.1, 0.15) is 17.8 Å². The van der Waals surface area contributed by atoms with Gasteiger partial charge in [-0.1, -0.05) is 13.8 Å². The molecule has 0 fully saturated rings. The molecule has 0 radical (unpaired) electrons.